The van der Waals surface area contributed by atoms with Crippen LogP contribution in [0, 0.1) is 13.8 Å². The van der Waals surface area contributed by atoms with Crippen LogP contribution in [0.1, 0.15) is 18.2 Å². The summed E-state index contributed by atoms with van der Waals surface area (Å²) < 4.78 is 49.7. The number of esters is 1. The number of aromatic nitrogens is 3. The van der Waals surface area contributed by atoms with Crippen molar-refractivity contribution in [2.24, 2.45) is 7.05 Å². The predicted molar refractivity (Wildman–Crippen MR) is 92.7 cm³/mol. The molecule has 1 amide bonds. The van der Waals surface area contributed by atoms with Gasteiger partial charge in [0.1, 0.15) is 13.1 Å². The number of rotatable bonds is 7. The average molecular weight is 402 g/mol. The summed E-state index contributed by atoms with van der Waals surface area (Å²) in [6.45, 7) is 2.01. The Morgan fingerprint density at radius 3 is 2.57 bits per heavy atom. The molecule has 0 spiro atoms. The number of alkyl halides is 3. The first-order chi connectivity index (χ1) is 13.0. The number of hydrogen-bond acceptors (Lipinski definition) is 6. The van der Waals surface area contributed by atoms with E-state index in [4.69, 9.17) is 4.74 Å². The molecule has 0 unspecified atom stereocenters. The summed E-state index contributed by atoms with van der Waals surface area (Å²) >= 11 is 0. The Kier molecular flexibility index (Phi) is 6.47. The van der Waals surface area contributed by atoms with E-state index in [0.29, 0.717) is 15.9 Å². The maximum atomic E-state index is 12.8. The zero-order chi connectivity index (χ0) is 21.1. The van der Waals surface area contributed by atoms with E-state index in [0.717, 1.165) is 11.3 Å². The van der Waals surface area contributed by atoms with Gasteiger partial charge in [-0.2, -0.15) is 13.2 Å². The van der Waals surface area contributed by atoms with E-state index in [2.05, 4.69) is 14.8 Å². The van der Waals surface area contributed by atoms with E-state index in [1.165, 1.54) is 11.6 Å². The van der Waals surface area contributed by atoms with Gasteiger partial charge in [-0.05, 0) is 32.4 Å². The van der Waals surface area contributed by atoms with Crippen LogP contribution in [0.4, 0.5) is 13.2 Å². The SMILES string of the molecule is CCOC(=O)CN(CC(F)(F)F)C(=O)COc1nn(C)c2nc(C)cc(C)c12. The molecule has 0 bridgehead atoms. The van der Waals surface area contributed by atoms with Crippen LogP contribution in [0.2, 0.25) is 0 Å². The van der Waals surface area contributed by atoms with Gasteiger partial charge in [0.2, 0.25) is 5.88 Å². The lowest BCUT2D eigenvalue weighted by molar-refractivity contribution is -0.168. The molecule has 0 atom stereocenters. The first-order valence-corrected chi connectivity index (χ1v) is 8.45. The Bertz CT molecular complexity index is 879. The molecule has 0 radical (unpaired) electrons. The molecule has 0 saturated heterocycles. The largest absolute Gasteiger partial charge is 0.466 e. The van der Waals surface area contributed by atoms with Gasteiger partial charge in [0.25, 0.3) is 5.91 Å². The molecule has 11 heteroatoms. The van der Waals surface area contributed by atoms with Gasteiger partial charge in [-0.25, -0.2) is 9.67 Å². The number of carbonyl (C=O) groups excluding carboxylic acids is 2. The van der Waals surface area contributed by atoms with Crippen molar-refractivity contribution in [3.63, 3.8) is 0 Å². The highest BCUT2D eigenvalue weighted by Crippen LogP contribution is 2.27. The van der Waals surface area contributed by atoms with Gasteiger partial charge in [-0.3, -0.25) is 9.59 Å². The van der Waals surface area contributed by atoms with Gasteiger partial charge in [0.05, 0.1) is 12.0 Å². The van der Waals surface area contributed by atoms with Crippen LogP contribution in [-0.4, -0.2) is 64.0 Å². The molecule has 2 aromatic heterocycles. The monoisotopic (exact) mass is 402 g/mol. The Hall–Kier alpha value is -2.85. The Morgan fingerprint density at radius 2 is 1.96 bits per heavy atom. The van der Waals surface area contributed by atoms with Crippen molar-refractivity contribution >= 4 is 22.9 Å². The van der Waals surface area contributed by atoms with Gasteiger partial charge >= 0.3 is 12.1 Å². The minimum absolute atomic E-state index is 0.00496. The Labute approximate surface area is 159 Å². The van der Waals surface area contributed by atoms with E-state index in [9.17, 15) is 22.8 Å². The molecule has 2 heterocycles. The molecule has 8 nitrogen and oxygen atoms in total. The number of halogens is 3. The van der Waals surface area contributed by atoms with Crippen LogP contribution >= 0.6 is 0 Å². The summed E-state index contributed by atoms with van der Waals surface area (Å²) in [6.07, 6.45) is -4.67. The van der Waals surface area contributed by atoms with Crippen LogP contribution in [-0.2, 0) is 21.4 Å². The van der Waals surface area contributed by atoms with E-state index in [1.807, 2.05) is 13.8 Å². The zero-order valence-electron chi connectivity index (χ0n) is 16.0. The summed E-state index contributed by atoms with van der Waals surface area (Å²) in [6, 6.07) is 1.80. The molecular weight excluding hydrogens is 381 g/mol. The van der Waals surface area contributed by atoms with E-state index in [1.54, 1.807) is 13.1 Å². The Balaban J connectivity index is 2.17. The van der Waals surface area contributed by atoms with Crippen LogP contribution in [0.5, 0.6) is 5.88 Å². The van der Waals surface area contributed by atoms with E-state index < -0.39 is 37.7 Å². The molecule has 154 valence electrons. The minimum Gasteiger partial charge on any atom is -0.466 e. The van der Waals surface area contributed by atoms with Crippen molar-refractivity contribution in [3.05, 3.63) is 17.3 Å². The molecule has 2 rings (SSSR count). The van der Waals surface area contributed by atoms with Gasteiger partial charge in [-0.15, -0.1) is 5.10 Å². The summed E-state index contributed by atoms with van der Waals surface area (Å²) in [4.78, 5) is 28.5. The summed E-state index contributed by atoms with van der Waals surface area (Å²) in [5.41, 5.74) is 2.09. The van der Waals surface area contributed by atoms with Crippen molar-refractivity contribution in [2.75, 3.05) is 26.3 Å². The van der Waals surface area contributed by atoms with Crippen molar-refractivity contribution in [2.45, 2.75) is 26.9 Å². The molecule has 28 heavy (non-hydrogen) atoms. The predicted octanol–water partition coefficient (Wildman–Crippen LogP) is 1.92. The molecule has 2 aromatic rings. The quantitative estimate of drug-likeness (QED) is 0.658. The Morgan fingerprint density at radius 1 is 1.29 bits per heavy atom. The number of pyridine rings is 1. The molecule has 0 N–H and O–H groups in total. The normalized spacial score (nSPS) is 11.5. The maximum Gasteiger partial charge on any atom is 0.406 e. The molecule has 0 aliphatic rings. The van der Waals surface area contributed by atoms with Gasteiger partial charge in [-0.1, -0.05) is 0 Å². The minimum atomic E-state index is -4.67. The number of ether oxygens (including phenoxy) is 2. The van der Waals surface area contributed by atoms with Gasteiger partial charge in [0, 0.05) is 12.7 Å². The standard InChI is InChI=1S/C17H21F3N4O4/c1-5-27-13(26)7-24(9-17(18,19)20)12(25)8-28-16-14-10(2)6-11(3)21-15(14)23(4)22-16/h6H,5,7-9H2,1-4H3. The average Bonchev–Trinajstić information content (AvgIpc) is 2.87. The van der Waals surface area contributed by atoms with Crippen molar-refractivity contribution < 1.29 is 32.2 Å². The third kappa shape index (κ3) is 5.33. The maximum absolute atomic E-state index is 12.8. The first-order valence-electron chi connectivity index (χ1n) is 8.45. The highest BCUT2D eigenvalue weighted by Gasteiger charge is 2.34. The smallest absolute Gasteiger partial charge is 0.406 e. The second-order valence-electron chi connectivity index (χ2n) is 6.17. The topological polar surface area (TPSA) is 86.5 Å². The number of amides is 1. The number of carbonyl (C=O) groups is 2. The van der Waals surface area contributed by atoms with Crippen molar-refractivity contribution in [1.82, 2.24) is 19.7 Å². The fourth-order valence-electron chi connectivity index (χ4n) is 2.68. The lowest BCUT2D eigenvalue weighted by Crippen LogP contribution is -2.44. The van der Waals surface area contributed by atoms with Crippen LogP contribution in [0.25, 0.3) is 11.0 Å². The molecule has 0 saturated carbocycles. The third-order valence-corrected chi connectivity index (χ3v) is 3.77. The van der Waals surface area contributed by atoms with Crippen LogP contribution < -0.4 is 4.74 Å². The van der Waals surface area contributed by atoms with E-state index >= 15 is 0 Å². The molecule has 0 aliphatic heterocycles. The van der Waals surface area contributed by atoms with Crippen molar-refractivity contribution in [3.8, 4) is 5.88 Å². The summed E-state index contributed by atoms with van der Waals surface area (Å²) in [7, 11) is 1.64. The number of aryl methyl sites for hydroxylation is 3. The molecule has 0 aromatic carbocycles. The zero-order valence-corrected chi connectivity index (χ0v) is 16.0. The van der Waals surface area contributed by atoms with Gasteiger partial charge < -0.3 is 14.4 Å². The third-order valence-electron chi connectivity index (χ3n) is 3.77. The van der Waals surface area contributed by atoms with E-state index in [-0.39, 0.29) is 12.5 Å². The van der Waals surface area contributed by atoms with Crippen LogP contribution in [0.15, 0.2) is 6.07 Å². The fraction of sp³-hybridized carbons (Fsp3) is 0.529. The summed E-state index contributed by atoms with van der Waals surface area (Å²) in [5, 5.41) is 4.70. The number of hydrogen-bond donors (Lipinski definition) is 0. The molecule has 0 fully saturated rings. The lowest BCUT2D eigenvalue weighted by atomic mass is 10.2. The first kappa shape index (κ1) is 21.5. The molecular formula is C17H21F3N4O4. The van der Waals surface area contributed by atoms with Crippen molar-refractivity contribution in [1.29, 1.82) is 0 Å². The fourth-order valence-corrected chi connectivity index (χ4v) is 2.68. The number of fused-ring (bicyclic) bond motifs is 1. The lowest BCUT2D eigenvalue weighted by Gasteiger charge is -2.22. The number of nitrogens with zero attached hydrogens (tertiary/aromatic N) is 4. The van der Waals surface area contributed by atoms with Crippen LogP contribution in [0.3, 0.4) is 0 Å². The van der Waals surface area contributed by atoms with Gasteiger partial charge in [0.15, 0.2) is 12.3 Å². The molecule has 0 aliphatic carbocycles. The highest BCUT2D eigenvalue weighted by molar-refractivity contribution is 5.86. The highest BCUT2D eigenvalue weighted by atomic mass is 19.4. The summed E-state index contributed by atoms with van der Waals surface area (Å²) in [5.74, 6) is -1.86. The second kappa shape index (κ2) is 8.44. The second-order valence-corrected chi connectivity index (χ2v) is 6.17.